The fraction of sp³-hybridized carbons (Fsp3) is 0. The summed E-state index contributed by atoms with van der Waals surface area (Å²) in [6, 6.07) is 22.5. The number of hydrogen-bond acceptors (Lipinski definition) is 6. The van der Waals surface area contributed by atoms with Crippen molar-refractivity contribution in [3.63, 3.8) is 0 Å². The highest BCUT2D eigenvalue weighted by Crippen LogP contribution is 2.32. The van der Waals surface area contributed by atoms with Crippen molar-refractivity contribution in [2.75, 3.05) is 5.01 Å². The van der Waals surface area contributed by atoms with Gasteiger partial charge in [-0.05, 0) is 36.4 Å². The predicted octanol–water partition coefficient (Wildman–Crippen LogP) is 4.69. The van der Waals surface area contributed by atoms with E-state index in [0.29, 0.717) is 10.7 Å². The van der Waals surface area contributed by atoms with Gasteiger partial charge in [0, 0.05) is 17.7 Å². The molecule has 3 aromatic carbocycles. The number of thiazole rings is 1. The number of amides is 1. The molecule has 0 spiro atoms. The summed E-state index contributed by atoms with van der Waals surface area (Å²) in [4.78, 5) is 27.7. The minimum absolute atomic E-state index is 0.0670. The van der Waals surface area contributed by atoms with Gasteiger partial charge in [0.05, 0.1) is 20.8 Å². The summed E-state index contributed by atoms with van der Waals surface area (Å²) in [5, 5.41) is 13.0. The summed E-state index contributed by atoms with van der Waals surface area (Å²) >= 11 is 1.45. The van der Waals surface area contributed by atoms with Crippen LogP contribution in [0, 0.1) is 10.1 Å². The Morgan fingerprint density at radius 2 is 1.64 bits per heavy atom. The van der Waals surface area contributed by atoms with Crippen molar-refractivity contribution in [1.29, 1.82) is 0 Å². The van der Waals surface area contributed by atoms with Crippen LogP contribution in [0.4, 0.5) is 16.5 Å². The van der Waals surface area contributed by atoms with Gasteiger partial charge in [-0.3, -0.25) is 20.3 Å². The number of carbonyl (C=O) groups is 1. The summed E-state index contributed by atoms with van der Waals surface area (Å²) in [6.45, 7) is 0. The van der Waals surface area contributed by atoms with E-state index in [4.69, 9.17) is 0 Å². The Balaban J connectivity index is 1.67. The molecule has 0 aliphatic heterocycles. The van der Waals surface area contributed by atoms with E-state index in [-0.39, 0.29) is 5.69 Å². The Bertz CT molecular complexity index is 1110. The third kappa shape index (κ3) is 3.53. The average Bonchev–Trinajstić information content (AvgIpc) is 3.16. The standard InChI is InChI=1S/C20H14N4O3S/c25-19(14-10-12-16(13-11-14)24(26)27)22-23(15-6-2-1-3-7-15)20-21-17-8-4-5-9-18(17)28-20/h1-13H,(H,22,25). The van der Waals surface area contributed by atoms with Gasteiger partial charge in [-0.25, -0.2) is 9.99 Å². The van der Waals surface area contributed by atoms with Gasteiger partial charge in [-0.15, -0.1) is 0 Å². The first-order chi connectivity index (χ1) is 13.6. The van der Waals surface area contributed by atoms with E-state index < -0.39 is 10.8 Å². The summed E-state index contributed by atoms with van der Waals surface area (Å²) in [7, 11) is 0. The highest BCUT2D eigenvalue weighted by Gasteiger charge is 2.18. The molecule has 0 bridgehead atoms. The van der Waals surface area contributed by atoms with E-state index in [9.17, 15) is 14.9 Å². The number of nitrogens with one attached hydrogen (secondary N) is 1. The molecule has 0 saturated heterocycles. The molecule has 4 rings (SSSR count). The number of carbonyl (C=O) groups excluding carboxylic acids is 1. The monoisotopic (exact) mass is 390 g/mol. The van der Waals surface area contributed by atoms with E-state index in [2.05, 4.69) is 10.4 Å². The first-order valence-corrected chi connectivity index (χ1v) is 9.20. The lowest BCUT2D eigenvalue weighted by Gasteiger charge is -2.22. The molecule has 0 unspecified atom stereocenters. The number of anilines is 2. The van der Waals surface area contributed by atoms with E-state index in [1.165, 1.54) is 35.6 Å². The lowest BCUT2D eigenvalue weighted by atomic mass is 10.2. The van der Waals surface area contributed by atoms with E-state index in [1.54, 1.807) is 5.01 Å². The molecule has 0 aliphatic carbocycles. The number of nitro groups is 1. The number of hydrazine groups is 1. The number of hydrogen-bond donors (Lipinski definition) is 1. The summed E-state index contributed by atoms with van der Waals surface area (Å²) in [6.07, 6.45) is 0. The van der Waals surface area contributed by atoms with Gasteiger partial charge in [-0.1, -0.05) is 41.7 Å². The van der Waals surface area contributed by atoms with Crippen LogP contribution in [0.25, 0.3) is 10.2 Å². The van der Waals surface area contributed by atoms with Crippen LogP contribution in [0.5, 0.6) is 0 Å². The molecule has 28 heavy (non-hydrogen) atoms. The van der Waals surface area contributed by atoms with Gasteiger partial charge in [-0.2, -0.15) is 0 Å². The smallest absolute Gasteiger partial charge is 0.267 e. The largest absolute Gasteiger partial charge is 0.270 e. The van der Waals surface area contributed by atoms with Gasteiger partial charge in [0.2, 0.25) is 5.13 Å². The first kappa shape index (κ1) is 17.6. The molecular weight excluding hydrogens is 376 g/mol. The fourth-order valence-corrected chi connectivity index (χ4v) is 3.60. The number of aromatic nitrogens is 1. The number of rotatable bonds is 5. The molecule has 0 aliphatic rings. The molecule has 1 amide bonds. The molecule has 1 aromatic heterocycles. The highest BCUT2D eigenvalue weighted by molar-refractivity contribution is 7.22. The summed E-state index contributed by atoms with van der Waals surface area (Å²) < 4.78 is 1.00. The molecule has 0 fully saturated rings. The van der Waals surface area contributed by atoms with Gasteiger partial charge in [0.25, 0.3) is 11.6 Å². The number of benzene rings is 3. The third-order valence-electron chi connectivity index (χ3n) is 4.04. The van der Waals surface area contributed by atoms with E-state index in [1.807, 2.05) is 54.6 Å². The predicted molar refractivity (Wildman–Crippen MR) is 109 cm³/mol. The maximum absolute atomic E-state index is 12.8. The average molecular weight is 390 g/mol. The molecular formula is C20H14N4O3S. The number of nitro benzene ring substituents is 1. The quantitative estimate of drug-likeness (QED) is 0.395. The molecule has 138 valence electrons. The van der Waals surface area contributed by atoms with Crippen molar-refractivity contribution >= 4 is 44.0 Å². The van der Waals surface area contributed by atoms with Crippen LogP contribution in [0.1, 0.15) is 10.4 Å². The number of fused-ring (bicyclic) bond motifs is 1. The van der Waals surface area contributed by atoms with Crippen molar-refractivity contribution in [2.45, 2.75) is 0 Å². The topological polar surface area (TPSA) is 88.4 Å². The summed E-state index contributed by atoms with van der Waals surface area (Å²) in [5.74, 6) is -0.391. The maximum Gasteiger partial charge on any atom is 0.270 e. The molecule has 1 heterocycles. The van der Waals surface area contributed by atoms with Crippen LogP contribution in [0.3, 0.4) is 0 Å². The maximum atomic E-state index is 12.8. The van der Waals surface area contributed by atoms with Crippen LogP contribution in [0.15, 0.2) is 78.9 Å². The zero-order chi connectivity index (χ0) is 19.5. The Morgan fingerprint density at radius 1 is 0.964 bits per heavy atom. The van der Waals surface area contributed by atoms with Crippen LogP contribution in [0.2, 0.25) is 0 Å². The van der Waals surface area contributed by atoms with Crippen molar-refractivity contribution in [3.8, 4) is 0 Å². The van der Waals surface area contributed by atoms with Crippen LogP contribution in [-0.4, -0.2) is 15.8 Å². The number of non-ortho nitro benzene ring substituents is 1. The molecule has 8 heteroatoms. The highest BCUT2D eigenvalue weighted by atomic mass is 32.1. The number of para-hydroxylation sites is 2. The first-order valence-electron chi connectivity index (χ1n) is 8.38. The van der Waals surface area contributed by atoms with Crippen LogP contribution in [-0.2, 0) is 0 Å². The zero-order valence-corrected chi connectivity index (χ0v) is 15.3. The molecule has 7 nitrogen and oxygen atoms in total. The third-order valence-corrected chi connectivity index (χ3v) is 5.06. The molecule has 0 saturated carbocycles. The van der Waals surface area contributed by atoms with Crippen molar-refractivity contribution in [3.05, 3.63) is 94.5 Å². The second-order valence-corrected chi connectivity index (χ2v) is 6.89. The number of nitrogens with zero attached hydrogens (tertiary/aromatic N) is 3. The van der Waals surface area contributed by atoms with Gasteiger partial charge < -0.3 is 0 Å². The van der Waals surface area contributed by atoms with E-state index in [0.717, 1.165) is 15.9 Å². The van der Waals surface area contributed by atoms with Crippen molar-refractivity contribution in [1.82, 2.24) is 10.4 Å². The molecule has 1 N–H and O–H groups in total. The Morgan fingerprint density at radius 3 is 2.32 bits per heavy atom. The molecule has 0 radical (unpaired) electrons. The Kier molecular flexibility index (Phi) is 4.69. The minimum Gasteiger partial charge on any atom is -0.267 e. The minimum atomic E-state index is -0.501. The lowest BCUT2D eigenvalue weighted by Crippen LogP contribution is -2.38. The van der Waals surface area contributed by atoms with Crippen molar-refractivity contribution in [2.24, 2.45) is 0 Å². The SMILES string of the molecule is O=C(NN(c1ccccc1)c1nc2ccccc2s1)c1ccc([N+](=O)[O-])cc1. The van der Waals surface area contributed by atoms with Crippen LogP contribution >= 0.6 is 11.3 Å². The Labute approximate surface area is 164 Å². The Hall–Kier alpha value is -3.78. The van der Waals surface area contributed by atoms with E-state index >= 15 is 0 Å². The fourth-order valence-electron chi connectivity index (χ4n) is 2.66. The van der Waals surface area contributed by atoms with Gasteiger partial charge >= 0.3 is 0 Å². The second kappa shape index (κ2) is 7.45. The second-order valence-electron chi connectivity index (χ2n) is 5.88. The zero-order valence-electron chi connectivity index (χ0n) is 14.5. The molecule has 0 atom stereocenters. The van der Waals surface area contributed by atoms with Crippen LogP contribution < -0.4 is 10.4 Å². The van der Waals surface area contributed by atoms with Gasteiger partial charge in [0.1, 0.15) is 0 Å². The lowest BCUT2D eigenvalue weighted by molar-refractivity contribution is -0.384. The summed E-state index contributed by atoms with van der Waals surface area (Å²) in [5.41, 5.74) is 4.68. The van der Waals surface area contributed by atoms with Crippen molar-refractivity contribution < 1.29 is 9.72 Å². The van der Waals surface area contributed by atoms with Gasteiger partial charge in [0.15, 0.2) is 0 Å². The molecule has 4 aromatic rings. The normalized spacial score (nSPS) is 10.6.